The highest BCUT2D eigenvalue weighted by molar-refractivity contribution is 5.74. The number of aromatic nitrogens is 4. The molecule has 0 bridgehead atoms. The van der Waals surface area contributed by atoms with E-state index in [0.29, 0.717) is 5.65 Å². The van der Waals surface area contributed by atoms with Crippen LogP contribution in [0.3, 0.4) is 0 Å². The van der Waals surface area contributed by atoms with Crippen molar-refractivity contribution in [1.29, 1.82) is 0 Å². The van der Waals surface area contributed by atoms with Gasteiger partial charge in [0.15, 0.2) is 5.65 Å². The number of hydrogen-bond acceptors (Lipinski definition) is 5. The molecule has 1 aliphatic rings. The summed E-state index contributed by atoms with van der Waals surface area (Å²) in [6.45, 7) is 8.62. The van der Waals surface area contributed by atoms with Crippen molar-refractivity contribution in [3.05, 3.63) is 17.8 Å². The molecule has 0 aliphatic carbocycles. The zero-order valence-electron chi connectivity index (χ0n) is 13.5. The van der Waals surface area contributed by atoms with E-state index in [4.69, 9.17) is 4.98 Å². The molecule has 2 aromatic rings. The first-order valence-electron chi connectivity index (χ1n) is 7.61. The van der Waals surface area contributed by atoms with E-state index in [1.165, 1.54) is 6.92 Å². The Hall–Kier alpha value is -2.02. The number of hydrogen-bond donors (Lipinski definition) is 2. The normalized spacial score (nSPS) is 19.7. The molecule has 3 rings (SSSR count). The molecule has 1 aliphatic heterocycles. The fourth-order valence-electron chi connectivity index (χ4n) is 2.82. The Morgan fingerprint density at radius 2 is 2.18 bits per heavy atom. The average molecular weight is 302 g/mol. The maximum Gasteiger partial charge on any atom is 0.231 e. The number of carbonyl (C=O) groups excluding carboxylic acids is 1. The maximum atomic E-state index is 11.4. The van der Waals surface area contributed by atoms with Gasteiger partial charge in [-0.05, 0) is 12.8 Å². The van der Waals surface area contributed by atoms with Gasteiger partial charge in [-0.2, -0.15) is 0 Å². The second-order valence-electron chi connectivity index (χ2n) is 6.80. The fourth-order valence-corrected chi connectivity index (χ4v) is 2.82. The molecule has 1 atom stereocenters. The molecule has 118 valence electrons. The average Bonchev–Trinajstić information content (AvgIpc) is 3.04. The first-order chi connectivity index (χ1) is 10.4. The Morgan fingerprint density at radius 3 is 2.86 bits per heavy atom. The molecule has 2 aromatic heterocycles. The van der Waals surface area contributed by atoms with Crippen LogP contribution in [0.4, 0.5) is 0 Å². The predicted molar refractivity (Wildman–Crippen MR) is 82.9 cm³/mol. The van der Waals surface area contributed by atoms with Crippen molar-refractivity contribution in [2.75, 3.05) is 6.54 Å². The van der Waals surface area contributed by atoms with Crippen molar-refractivity contribution in [1.82, 2.24) is 30.4 Å². The van der Waals surface area contributed by atoms with E-state index in [1.807, 2.05) is 5.01 Å². The lowest BCUT2D eigenvalue weighted by Gasteiger charge is -2.25. The summed E-state index contributed by atoms with van der Waals surface area (Å²) in [5.74, 6) is 0.717. The van der Waals surface area contributed by atoms with Crippen molar-refractivity contribution < 1.29 is 4.79 Å². The number of fused-ring (bicyclic) bond motifs is 1. The quantitative estimate of drug-likeness (QED) is 0.884. The van der Waals surface area contributed by atoms with Crippen LogP contribution in [0, 0.1) is 0 Å². The second kappa shape index (κ2) is 5.31. The molecule has 7 nitrogen and oxygen atoms in total. The molecule has 0 spiro atoms. The molecule has 0 saturated carbocycles. The molecule has 22 heavy (non-hydrogen) atoms. The van der Waals surface area contributed by atoms with Crippen molar-refractivity contribution in [3.8, 4) is 0 Å². The van der Waals surface area contributed by atoms with Gasteiger partial charge in [0.1, 0.15) is 11.3 Å². The van der Waals surface area contributed by atoms with Crippen LogP contribution in [-0.4, -0.2) is 37.4 Å². The highest BCUT2D eigenvalue weighted by Gasteiger charge is 2.32. The van der Waals surface area contributed by atoms with Gasteiger partial charge in [-0.25, -0.2) is 20.0 Å². The molecule has 3 heterocycles. The number of hydrazine groups is 1. The molecule has 1 saturated heterocycles. The van der Waals surface area contributed by atoms with Gasteiger partial charge in [0.2, 0.25) is 5.91 Å². The van der Waals surface area contributed by atoms with Gasteiger partial charge in [0, 0.05) is 18.9 Å². The summed E-state index contributed by atoms with van der Waals surface area (Å²) in [5.41, 5.74) is 5.21. The summed E-state index contributed by atoms with van der Waals surface area (Å²) < 4.78 is 0. The lowest BCUT2D eigenvalue weighted by molar-refractivity contribution is -0.124. The van der Waals surface area contributed by atoms with Crippen LogP contribution in [0.5, 0.6) is 0 Å². The van der Waals surface area contributed by atoms with E-state index < -0.39 is 0 Å². The molecular weight excluding hydrogens is 280 g/mol. The van der Waals surface area contributed by atoms with Crippen LogP contribution >= 0.6 is 0 Å². The molecule has 7 heteroatoms. The third-order valence-electron chi connectivity index (χ3n) is 3.85. The number of imidazole rings is 1. The molecule has 0 radical (unpaired) electrons. The minimum Gasteiger partial charge on any atom is -0.342 e. The first-order valence-corrected chi connectivity index (χ1v) is 7.61. The van der Waals surface area contributed by atoms with Gasteiger partial charge in [-0.1, -0.05) is 20.8 Å². The lowest BCUT2D eigenvalue weighted by atomic mass is 9.95. The minimum absolute atomic E-state index is 0.0518. The van der Waals surface area contributed by atoms with Crippen LogP contribution in [0.25, 0.3) is 11.2 Å². The van der Waals surface area contributed by atoms with E-state index in [0.717, 1.165) is 36.4 Å². The van der Waals surface area contributed by atoms with Gasteiger partial charge < -0.3 is 4.98 Å². The molecular formula is C15H22N6O. The van der Waals surface area contributed by atoms with Crippen molar-refractivity contribution in [2.24, 2.45) is 0 Å². The molecule has 1 amide bonds. The van der Waals surface area contributed by atoms with Crippen LogP contribution < -0.4 is 5.43 Å². The Labute approximate surface area is 129 Å². The Morgan fingerprint density at radius 1 is 1.41 bits per heavy atom. The van der Waals surface area contributed by atoms with Crippen LogP contribution in [0.1, 0.15) is 58.1 Å². The summed E-state index contributed by atoms with van der Waals surface area (Å²) in [6.07, 6.45) is 3.62. The largest absolute Gasteiger partial charge is 0.342 e. The number of carbonyl (C=O) groups is 1. The van der Waals surface area contributed by atoms with E-state index >= 15 is 0 Å². The third-order valence-corrected chi connectivity index (χ3v) is 3.85. The molecule has 0 aromatic carbocycles. The summed E-state index contributed by atoms with van der Waals surface area (Å²) >= 11 is 0. The summed E-state index contributed by atoms with van der Waals surface area (Å²) in [4.78, 5) is 28.2. The lowest BCUT2D eigenvalue weighted by Crippen LogP contribution is -2.40. The smallest absolute Gasteiger partial charge is 0.231 e. The number of amides is 1. The predicted octanol–water partition coefficient (Wildman–Crippen LogP) is 1.84. The van der Waals surface area contributed by atoms with Gasteiger partial charge in [0.25, 0.3) is 0 Å². The van der Waals surface area contributed by atoms with Crippen molar-refractivity contribution in [3.63, 3.8) is 0 Å². The Balaban J connectivity index is 2.08. The van der Waals surface area contributed by atoms with Crippen molar-refractivity contribution in [2.45, 2.75) is 52.0 Å². The second-order valence-corrected chi connectivity index (χ2v) is 6.80. The topological polar surface area (TPSA) is 86.8 Å². The fraction of sp³-hybridized carbons (Fsp3) is 0.600. The van der Waals surface area contributed by atoms with Crippen LogP contribution in [0.15, 0.2) is 6.33 Å². The van der Waals surface area contributed by atoms with E-state index in [9.17, 15) is 4.79 Å². The van der Waals surface area contributed by atoms with Gasteiger partial charge >= 0.3 is 0 Å². The Bertz CT molecular complexity index is 702. The zero-order chi connectivity index (χ0) is 15.9. The highest BCUT2D eigenvalue weighted by atomic mass is 16.2. The number of nitrogens with one attached hydrogen (secondary N) is 2. The van der Waals surface area contributed by atoms with E-state index in [1.54, 1.807) is 6.33 Å². The summed E-state index contributed by atoms with van der Waals surface area (Å²) in [7, 11) is 0. The molecule has 2 N–H and O–H groups in total. The number of rotatable bonds is 2. The van der Waals surface area contributed by atoms with Crippen LogP contribution in [-0.2, 0) is 10.2 Å². The van der Waals surface area contributed by atoms with E-state index in [-0.39, 0.29) is 17.4 Å². The third kappa shape index (κ3) is 2.68. The number of H-pyrrole nitrogens is 1. The van der Waals surface area contributed by atoms with Crippen LogP contribution in [0.2, 0.25) is 0 Å². The monoisotopic (exact) mass is 302 g/mol. The van der Waals surface area contributed by atoms with Gasteiger partial charge in [-0.15, -0.1) is 0 Å². The molecule has 1 fully saturated rings. The standard InChI is InChI=1S/C15H22N6O/c1-9(22)20-21-7-5-6-10(21)11-12-13(17-8-16-12)19-14(18-11)15(2,3)4/h8,10H,5-7H2,1-4H3,(H,20,22)(H,16,17,18,19)/t10-/m0/s1. The van der Waals surface area contributed by atoms with Gasteiger partial charge in [0.05, 0.1) is 18.1 Å². The maximum absolute atomic E-state index is 11.4. The van der Waals surface area contributed by atoms with E-state index in [2.05, 4.69) is 41.1 Å². The molecule has 0 unspecified atom stereocenters. The summed E-state index contributed by atoms with van der Waals surface area (Å²) in [5, 5.41) is 1.97. The summed E-state index contributed by atoms with van der Waals surface area (Å²) in [6, 6.07) is 0.0518. The van der Waals surface area contributed by atoms with Crippen molar-refractivity contribution >= 4 is 17.1 Å². The number of aromatic amines is 1. The Kier molecular flexibility index (Phi) is 3.60. The SMILES string of the molecule is CC(=O)NN1CCC[C@H]1c1nc(C(C)(C)C)nc2nc[nH]c12. The number of nitrogens with zero attached hydrogens (tertiary/aromatic N) is 4. The van der Waals surface area contributed by atoms with Gasteiger partial charge in [-0.3, -0.25) is 10.2 Å². The minimum atomic E-state index is -0.153. The first kappa shape index (κ1) is 14.9. The highest BCUT2D eigenvalue weighted by Crippen LogP contribution is 2.33. The zero-order valence-corrected chi connectivity index (χ0v) is 13.5.